The first kappa shape index (κ1) is 12.2. The molecule has 2 fully saturated rings. The molecule has 2 heteroatoms. The second kappa shape index (κ2) is 5.02. The molecule has 0 amide bonds. The third-order valence-electron chi connectivity index (χ3n) is 4.57. The van der Waals surface area contributed by atoms with Crippen LogP contribution < -0.4 is 5.32 Å². The molecule has 3 rings (SSSR count). The Morgan fingerprint density at radius 2 is 2.17 bits per heavy atom. The van der Waals surface area contributed by atoms with Gasteiger partial charge in [0.2, 0.25) is 0 Å². The van der Waals surface area contributed by atoms with Crippen molar-refractivity contribution in [3.8, 4) is 0 Å². The van der Waals surface area contributed by atoms with Crippen LogP contribution in [0.4, 0.5) is 0 Å². The highest BCUT2D eigenvalue weighted by atomic mass is 15.2. The maximum Gasteiger partial charge on any atom is 0.0280 e. The lowest BCUT2D eigenvalue weighted by atomic mass is 9.98. The van der Waals surface area contributed by atoms with Gasteiger partial charge in [-0.2, -0.15) is 0 Å². The van der Waals surface area contributed by atoms with Gasteiger partial charge in [-0.25, -0.2) is 0 Å². The lowest BCUT2D eigenvalue weighted by Gasteiger charge is -2.30. The molecule has 0 aliphatic carbocycles. The van der Waals surface area contributed by atoms with Crippen molar-refractivity contribution in [1.82, 2.24) is 10.2 Å². The molecule has 0 saturated carbocycles. The molecule has 0 radical (unpaired) electrons. The van der Waals surface area contributed by atoms with Crippen molar-refractivity contribution in [2.75, 3.05) is 26.2 Å². The summed E-state index contributed by atoms with van der Waals surface area (Å²) in [5, 5.41) is 3.67. The Bertz CT molecular complexity index is 381. The van der Waals surface area contributed by atoms with Gasteiger partial charge in [-0.15, -0.1) is 0 Å². The zero-order valence-electron chi connectivity index (χ0n) is 11.4. The molecule has 2 saturated heterocycles. The molecule has 98 valence electrons. The fraction of sp³-hybridized carbons (Fsp3) is 0.625. The molecule has 2 aliphatic heterocycles. The molecule has 1 aromatic rings. The number of rotatable bonds is 3. The minimum atomic E-state index is 0.367. The van der Waals surface area contributed by atoms with Gasteiger partial charge in [-0.3, -0.25) is 0 Å². The Hall–Kier alpha value is -0.860. The number of nitrogens with one attached hydrogen (secondary N) is 1. The highest BCUT2D eigenvalue weighted by molar-refractivity contribution is 5.21. The summed E-state index contributed by atoms with van der Waals surface area (Å²) in [6.45, 7) is 7.30. The van der Waals surface area contributed by atoms with Crippen LogP contribution in [0.15, 0.2) is 30.3 Å². The molecule has 2 unspecified atom stereocenters. The van der Waals surface area contributed by atoms with Crippen LogP contribution in [0.1, 0.15) is 37.7 Å². The summed E-state index contributed by atoms with van der Waals surface area (Å²) in [6, 6.07) is 11.0. The third-order valence-corrected chi connectivity index (χ3v) is 4.57. The summed E-state index contributed by atoms with van der Waals surface area (Å²) in [6.07, 6.45) is 3.99. The largest absolute Gasteiger partial charge is 0.310 e. The number of hydrogen-bond acceptors (Lipinski definition) is 2. The Balaban J connectivity index is 1.59. The maximum absolute atomic E-state index is 3.67. The monoisotopic (exact) mass is 244 g/mol. The molecular weight excluding hydrogens is 220 g/mol. The SMILES string of the molecule is CC1(CN2CCC(c3ccccc3)C2)CCCN1. The predicted molar refractivity (Wildman–Crippen MR) is 75.9 cm³/mol. The topological polar surface area (TPSA) is 15.3 Å². The van der Waals surface area contributed by atoms with Crippen LogP contribution in [0.25, 0.3) is 0 Å². The van der Waals surface area contributed by atoms with Gasteiger partial charge in [0.15, 0.2) is 0 Å². The van der Waals surface area contributed by atoms with Crippen molar-refractivity contribution >= 4 is 0 Å². The fourth-order valence-corrected chi connectivity index (χ4v) is 3.56. The summed E-state index contributed by atoms with van der Waals surface area (Å²) in [5.74, 6) is 0.746. The van der Waals surface area contributed by atoms with Gasteiger partial charge in [0.25, 0.3) is 0 Å². The Labute approximate surface area is 110 Å². The quantitative estimate of drug-likeness (QED) is 0.879. The van der Waals surface area contributed by atoms with Gasteiger partial charge < -0.3 is 10.2 Å². The highest BCUT2D eigenvalue weighted by Crippen LogP contribution is 2.29. The molecule has 0 spiro atoms. The lowest BCUT2D eigenvalue weighted by molar-refractivity contribution is 0.238. The molecule has 18 heavy (non-hydrogen) atoms. The first-order valence-corrected chi connectivity index (χ1v) is 7.28. The first-order valence-electron chi connectivity index (χ1n) is 7.28. The minimum absolute atomic E-state index is 0.367. The summed E-state index contributed by atoms with van der Waals surface area (Å²) in [4.78, 5) is 2.65. The average Bonchev–Trinajstić information content (AvgIpc) is 3.00. The third kappa shape index (κ3) is 2.60. The maximum atomic E-state index is 3.67. The van der Waals surface area contributed by atoms with E-state index in [1.54, 1.807) is 0 Å². The van der Waals surface area contributed by atoms with E-state index in [4.69, 9.17) is 0 Å². The van der Waals surface area contributed by atoms with E-state index in [1.807, 2.05) is 0 Å². The lowest BCUT2D eigenvalue weighted by Crippen LogP contribution is -2.46. The highest BCUT2D eigenvalue weighted by Gasteiger charge is 2.33. The van der Waals surface area contributed by atoms with Gasteiger partial charge in [0.05, 0.1) is 0 Å². The van der Waals surface area contributed by atoms with Crippen molar-refractivity contribution in [3.63, 3.8) is 0 Å². The van der Waals surface area contributed by atoms with Crippen molar-refractivity contribution < 1.29 is 0 Å². The first-order chi connectivity index (χ1) is 8.75. The second-order valence-corrected chi connectivity index (χ2v) is 6.22. The van der Waals surface area contributed by atoms with Crippen molar-refractivity contribution in [2.45, 2.75) is 37.6 Å². The Morgan fingerprint density at radius 1 is 1.33 bits per heavy atom. The average molecular weight is 244 g/mol. The van der Waals surface area contributed by atoms with Gasteiger partial charge in [0.1, 0.15) is 0 Å². The predicted octanol–water partition coefficient (Wildman–Crippen LogP) is 2.62. The van der Waals surface area contributed by atoms with Crippen molar-refractivity contribution in [1.29, 1.82) is 0 Å². The van der Waals surface area contributed by atoms with E-state index in [0.717, 1.165) is 5.92 Å². The van der Waals surface area contributed by atoms with E-state index in [1.165, 1.54) is 51.0 Å². The van der Waals surface area contributed by atoms with Crippen LogP contribution in [-0.4, -0.2) is 36.6 Å². The number of benzene rings is 1. The van der Waals surface area contributed by atoms with Crippen LogP contribution in [-0.2, 0) is 0 Å². The van der Waals surface area contributed by atoms with E-state index in [9.17, 15) is 0 Å². The molecule has 2 heterocycles. The number of nitrogens with zero attached hydrogens (tertiary/aromatic N) is 1. The molecular formula is C16H24N2. The standard InChI is InChI=1S/C16H24N2/c1-16(9-5-10-17-16)13-18-11-8-15(12-18)14-6-3-2-4-7-14/h2-4,6-7,15,17H,5,8-13H2,1H3. The zero-order chi connectivity index (χ0) is 12.4. The summed E-state index contributed by atoms with van der Waals surface area (Å²) in [7, 11) is 0. The molecule has 2 atom stereocenters. The number of likely N-dealkylation sites (tertiary alicyclic amines) is 1. The molecule has 0 aromatic heterocycles. The molecule has 2 aliphatic rings. The van der Waals surface area contributed by atoms with Crippen molar-refractivity contribution in [3.05, 3.63) is 35.9 Å². The number of hydrogen-bond donors (Lipinski definition) is 1. The van der Waals surface area contributed by atoms with E-state index in [-0.39, 0.29) is 0 Å². The molecule has 1 N–H and O–H groups in total. The van der Waals surface area contributed by atoms with Crippen LogP contribution in [0.2, 0.25) is 0 Å². The molecule has 1 aromatic carbocycles. The molecule has 0 bridgehead atoms. The van der Waals surface area contributed by atoms with E-state index in [0.29, 0.717) is 5.54 Å². The second-order valence-electron chi connectivity index (χ2n) is 6.22. The van der Waals surface area contributed by atoms with E-state index in [2.05, 4.69) is 47.5 Å². The van der Waals surface area contributed by atoms with Crippen LogP contribution in [0, 0.1) is 0 Å². The van der Waals surface area contributed by atoms with E-state index >= 15 is 0 Å². The summed E-state index contributed by atoms with van der Waals surface area (Å²) in [5.41, 5.74) is 1.88. The van der Waals surface area contributed by atoms with Crippen LogP contribution in [0.5, 0.6) is 0 Å². The van der Waals surface area contributed by atoms with Crippen LogP contribution in [0.3, 0.4) is 0 Å². The van der Waals surface area contributed by atoms with Gasteiger partial charge in [0, 0.05) is 18.6 Å². The van der Waals surface area contributed by atoms with E-state index < -0.39 is 0 Å². The summed E-state index contributed by atoms with van der Waals surface area (Å²) < 4.78 is 0. The van der Waals surface area contributed by atoms with Gasteiger partial charge in [-0.1, -0.05) is 30.3 Å². The normalized spacial score (nSPS) is 33.1. The Kier molecular flexibility index (Phi) is 3.40. The van der Waals surface area contributed by atoms with Crippen LogP contribution >= 0.6 is 0 Å². The minimum Gasteiger partial charge on any atom is -0.310 e. The summed E-state index contributed by atoms with van der Waals surface area (Å²) >= 11 is 0. The van der Waals surface area contributed by atoms with Crippen molar-refractivity contribution in [2.24, 2.45) is 0 Å². The fourth-order valence-electron chi connectivity index (χ4n) is 3.56. The Morgan fingerprint density at radius 3 is 2.89 bits per heavy atom. The van der Waals surface area contributed by atoms with Gasteiger partial charge in [-0.05, 0) is 50.8 Å². The van der Waals surface area contributed by atoms with Gasteiger partial charge >= 0.3 is 0 Å². The smallest absolute Gasteiger partial charge is 0.0280 e. The molecule has 2 nitrogen and oxygen atoms in total. The zero-order valence-corrected chi connectivity index (χ0v) is 11.4.